The normalized spacial score (nSPS) is 13.0. The Labute approximate surface area is 62.1 Å². The van der Waals surface area contributed by atoms with E-state index < -0.39 is 12.0 Å². The van der Waals surface area contributed by atoms with Crippen molar-refractivity contribution in [3.8, 4) is 0 Å². The third-order valence-corrected chi connectivity index (χ3v) is 1.02. The van der Waals surface area contributed by atoms with Gasteiger partial charge in [-0.05, 0) is 6.92 Å². The van der Waals surface area contributed by atoms with Crippen molar-refractivity contribution in [3.05, 3.63) is 11.8 Å². The molecule has 0 spiro atoms. The smallest absolute Gasteiger partial charge is 0.392 e. The van der Waals surface area contributed by atoms with E-state index in [-0.39, 0.29) is 5.70 Å². The Morgan fingerprint density at radius 1 is 1.45 bits per heavy atom. The molecule has 0 amide bonds. The van der Waals surface area contributed by atoms with Crippen LogP contribution in [0.4, 0.5) is 13.2 Å². The Hall–Kier alpha value is -1.00. The number of ketones is 1. The molecular weight excluding hydrogens is 159 g/mol. The molecule has 0 aromatic rings. The van der Waals surface area contributed by atoms with E-state index in [2.05, 4.69) is 5.32 Å². The number of rotatable bonds is 2. The standard InChI is InChI=1S/C6H8F3NO/c1-4(10-2)3-5(11)6(7,8)9/h3,10H,1-2H3/b4-3-. The van der Waals surface area contributed by atoms with Crippen molar-refractivity contribution in [1.82, 2.24) is 5.32 Å². The van der Waals surface area contributed by atoms with Crippen molar-refractivity contribution in [1.29, 1.82) is 0 Å². The number of alkyl halides is 3. The Bertz CT molecular complexity index is 183. The predicted octanol–water partition coefficient (Wildman–Crippen LogP) is 1.24. The molecule has 1 N–H and O–H groups in total. The lowest BCUT2D eigenvalue weighted by Gasteiger charge is -2.01. The van der Waals surface area contributed by atoms with Crippen molar-refractivity contribution < 1.29 is 18.0 Å². The molecule has 0 saturated heterocycles. The van der Waals surface area contributed by atoms with Crippen molar-refractivity contribution in [2.45, 2.75) is 13.1 Å². The lowest BCUT2D eigenvalue weighted by atomic mass is 10.3. The summed E-state index contributed by atoms with van der Waals surface area (Å²) in [7, 11) is 1.44. The number of hydrogen-bond acceptors (Lipinski definition) is 2. The lowest BCUT2D eigenvalue weighted by molar-refractivity contribution is -0.165. The maximum Gasteiger partial charge on any atom is 0.454 e. The number of nitrogens with one attached hydrogen (secondary N) is 1. The van der Waals surface area contributed by atoms with E-state index in [1.807, 2.05) is 0 Å². The number of hydrogen-bond donors (Lipinski definition) is 1. The van der Waals surface area contributed by atoms with Crippen LogP contribution in [0.1, 0.15) is 6.92 Å². The third-order valence-electron chi connectivity index (χ3n) is 1.02. The zero-order valence-electron chi connectivity index (χ0n) is 6.12. The second-order valence-corrected chi connectivity index (χ2v) is 1.94. The van der Waals surface area contributed by atoms with Gasteiger partial charge in [-0.1, -0.05) is 0 Å². The number of halogens is 3. The maximum absolute atomic E-state index is 11.5. The molecule has 64 valence electrons. The lowest BCUT2D eigenvalue weighted by Crippen LogP contribution is -2.21. The van der Waals surface area contributed by atoms with E-state index in [4.69, 9.17) is 0 Å². The summed E-state index contributed by atoms with van der Waals surface area (Å²) < 4.78 is 34.6. The average Bonchev–Trinajstić information content (AvgIpc) is 1.85. The zero-order valence-corrected chi connectivity index (χ0v) is 6.12. The molecule has 0 saturated carbocycles. The molecule has 2 nitrogen and oxygen atoms in total. The second kappa shape index (κ2) is 3.41. The third kappa shape index (κ3) is 3.64. The van der Waals surface area contributed by atoms with Gasteiger partial charge in [0.1, 0.15) is 0 Å². The topological polar surface area (TPSA) is 29.1 Å². The summed E-state index contributed by atoms with van der Waals surface area (Å²) in [4.78, 5) is 10.2. The highest BCUT2D eigenvalue weighted by molar-refractivity contribution is 5.94. The summed E-state index contributed by atoms with van der Waals surface area (Å²) in [5.74, 6) is -1.84. The molecule has 11 heavy (non-hydrogen) atoms. The largest absolute Gasteiger partial charge is 0.454 e. The van der Waals surface area contributed by atoms with Crippen LogP contribution in [0.5, 0.6) is 0 Å². The zero-order chi connectivity index (χ0) is 9.07. The van der Waals surface area contributed by atoms with Crippen LogP contribution in [0.3, 0.4) is 0 Å². The van der Waals surface area contributed by atoms with E-state index in [1.54, 1.807) is 0 Å². The van der Waals surface area contributed by atoms with Gasteiger partial charge in [0.25, 0.3) is 5.78 Å². The van der Waals surface area contributed by atoms with Crippen molar-refractivity contribution in [2.75, 3.05) is 7.05 Å². The predicted molar refractivity (Wildman–Crippen MR) is 33.9 cm³/mol. The first-order valence-corrected chi connectivity index (χ1v) is 2.85. The number of carbonyl (C=O) groups excluding carboxylic acids is 1. The first-order chi connectivity index (χ1) is 4.88. The summed E-state index contributed by atoms with van der Waals surface area (Å²) in [6.45, 7) is 1.38. The Morgan fingerprint density at radius 2 is 1.91 bits per heavy atom. The summed E-state index contributed by atoms with van der Waals surface area (Å²) in [5.41, 5.74) is 0.187. The highest BCUT2D eigenvalue weighted by Crippen LogP contribution is 2.16. The van der Waals surface area contributed by atoms with Gasteiger partial charge in [-0.2, -0.15) is 13.2 Å². The maximum atomic E-state index is 11.5. The molecule has 0 unspecified atom stereocenters. The van der Waals surface area contributed by atoms with Crippen LogP contribution in [-0.2, 0) is 4.79 Å². The van der Waals surface area contributed by atoms with Crippen molar-refractivity contribution >= 4 is 5.78 Å². The van der Waals surface area contributed by atoms with Crippen molar-refractivity contribution in [2.24, 2.45) is 0 Å². The minimum absolute atomic E-state index is 0.187. The first-order valence-electron chi connectivity index (χ1n) is 2.85. The van der Waals surface area contributed by atoms with Crippen LogP contribution in [0.15, 0.2) is 11.8 Å². The van der Waals surface area contributed by atoms with Gasteiger partial charge in [0.2, 0.25) is 0 Å². The number of allylic oxidation sites excluding steroid dienone is 2. The summed E-state index contributed by atoms with van der Waals surface area (Å²) >= 11 is 0. The van der Waals surface area contributed by atoms with Crippen molar-refractivity contribution in [3.63, 3.8) is 0 Å². The molecule has 0 rings (SSSR count). The Balaban J connectivity index is 4.30. The van der Waals surface area contributed by atoms with E-state index in [0.717, 1.165) is 0 Å². The SMILES string of the molecule is CN/C(C)=C\C(=O)C(F)(F)F. The van der Waals surface area contributed by atoms with E-state index >= 15 is 0 Å². The van der Waals surface area contributed by atoms with Crippen LogP contribution in [-0.4, -0.2) is 19.0 Å². The molecule has 0 bridgehead atoms. The van der Waals surface area contributed by atoms with Crippen LogP contribution < -0.4 is 5.32 Å². The summed E-state index contributed by atoms with van der Waals surface area (Å²) in [6, 6.07) is 0. The van der Waals surface area contributed by atoms with Gasteiger partial charge in [0.15, 0.2) is 0 Å². The molecule has 0 aliphatic rings. The fourth-order valence-corrected chi connectivity index (χ4v) is 0.351. The molecule has 0 aliphatic heterocycles. The molecule has 0 atom stereocenters. The fraction of sp³-hybridized carbons (Fsp3) is 0.500. The summed E-state index contributed by atoms with van der Waals surface area (Å²) in [5, 5.41) is 2.41. The summed E-state index contributed by atoms with van der Waals surface area (Å²) in [6.07, 6.45) is -4.25. The minimum Gasteiger partial charge on any atom is -0.392 e. The second-order valence-electron chi connectivity index (χ2n) is 1.94. The van der Waals surface area contributed by atoms with Gasteiger partial charge in [-0.15, -0.1) is 0 Å². The van der Waals surface area contributed by atoms with Crippen LogP contribution in [0.2, 0.25) is 0 Å². The fourth-order valence-electron chi connectivity index (χ4n) is 0.351. The van der Waals surface area contributed by atoms with Gasteiger partial charge in [-0.25, -0.2) is 0 Å². The Kier molecular flexibility index (Phi) is 3.10. The van der Waals surface area contributed by atoms with Crippen LogP contribution in [0.25, 0.3) is 0 Å². The van der Waals surface area contributed by atoms with Gasteiger partial charge in [-0.3, -0.25) is 4.79 Å². The average molecular weight is 167 g/mol. The molecule has 5 heteroatoms. The van der Waals surface area contributed by atoms with E-state index in [9.17, 15) is 18.0 Å². The molecule has 0 aliphatic carbocycles. The molecule has 0 heterocycles. The molecule has 0 aromatic heterocycles. The monoisotopic (exact) mass is 167 g/mol. The molecule has 0 fully saturated rings. The minimum atomic E-state index is -4.77. The Morgan fingerprint density at radius 3 is 2.18 bits per heavy atom. The molecule has 0 radical (unpaired) electrons. The van der Waals surface area contributed by atoms with Crippen LogP contribution >= 0.6 is 0 Å². The van der Waals surface area contributed by atoms with Gasteiger partial charge < -0.3 is 5.32 Å². The first kappa shape index (κ1) is 10.0. The van der Waals surface area contributed by atoms with Gasteiger partial charge in [0.05, 0.1) is 0 Å². The highest BCUT2D eigenvalue weighted by Gasteiger charge is 2.36. The van der Waals surface area contributed by atoms with Gasteiger partial charge >= 0.3 is 6.18 Å². The van der Waals surface area contributed by atoms with E-state index in [1.165, 1.54) is 14.0 Å². The van der Waals surface area contributed by atoms with Crippen LogP contribution in [0, 0.1) is 0 Å². The van der Waals surface area contributed by atoms with E-state index in [0.29, 0.717) is 6.08 Å². The highest BCUT2D eigenvalue weighted by atomic mass is 19.4. The number of carbonyl (C=O) groups is 1. The quantitative estimate of drug-likeness (QED) is 0.627. The molecular formula is C6H8F3NO. The molecule has 0 aromatic carbocycles. The van der Waals surface area contributed by atoms with Gasteiger partial charge in [0, 0.05) is 18.8 Å².